The van der Waals surface area contributed by atoms with Crippen LogP contribution < -0.4 is 10.6 Å². The van der Waals surface area contributed by atoms with Crippen LogP contribution in [0.15, 0.2) is 42.5 Å². The highest BCUT2D eigenvalue weighted by Gasteiger charge is 2.09. The molecule has 0 bridgehead atoms. The van der Waals surface area contributed by atoms with Gasteiger partial charge in [0.1, 0.15) is 11.6 Å². The molecule has 0 unspecified atom stereocenters. The summed E-state index contributed by atoms with van der Waals surface area (Å²) in [6.07, 6.45) is 0. The molecule has 94 valence electrons. The largest absolute Gasteiger partial charge is 0.397 e. The molecule has 0 saturated carbocycles. The van der Waals surface area contributed by atoms with Gasteiger partial charge in [0.25, 0.3) is 0 Å². The zero-order chi connectivity index (χ0) is 13.1. The Morgan fingerprint density at radius 1 is 1.11 bits per heavy atom. The van der Waals surface area contributed by atoms with Crippen molar-refractivity contribution in [1.29, 1.82) is 0 Å². The molecule has 0 amide bonds. The molecular formula is C14H14F2N2. The highest BCUT2D eigenvalue weighted by Crippen LogP contribution is 2.23. The van der Waals surface area contributed by atoms with Gasteiger partial charge >= 0.3 is 0 Å². The van der Waals surface area contributed by atoms with Crippen LogP contribution in [0.25, 0.3) is 0 Å². The van der Waals surface area contributed by atoms with Gasteiger partial charge in [-0.2, -0.15) is 0 Å². The molecule has 2 N–H and O–H groups in total. The number of nitrogens with zero attached hydrogens (tertiary/aromatic N) is 1. The lowest BCUT2D eigenvalue weighted by Crippen LogP contribution is -2.18. The van der Waals surface area contributed by atoms with Crippen LogP contribution in [0, 0.1) is 11.6 Å². The summed E-state index contributed by atoms with van der Waals surface area (Å²) in [5.74, 6) is -0.862. The van der Waals surface area contributed by atoms with Crippen molar-refractivity contribution >= 4 is 11.4 Å². The summed E-state index contributed by atoms with van der Waals surface area (Å²) < 4.78 is 26.6. The number of nitrogens with two attached hydrogens (primary N) is 1. The molecule has 0 saturated heterocycles. The first kappa shape index (κ1) is 12.4. The molecule has 0 atom stereocenters. The molecule has 0 aliphatic heterocycles. The van der Waals surface area contributed by atoms with Crippen LogP contribution >= 0.6 is 0 Å². The molecule has 4 heteroatoms. The Bertz CT molecular complexity index is 555. The Morgan fingerprint density at radius 3 is 2.56 bits per heavy atom. The molecule has 2 aromatic carbocycles. The van der Waals surface area contributed by atoms with Crippen molar-refractivity contribution in [3.8, 4) is 0 Å². The van der Waals surface area contributed by atoms with E-state index in [0.717, 1.165) is 17.8 Å². The van der Waals surface area contributed by atoms with Crippen molar-refractivity contribution in [2.75, 3.05) is 17.7 Å². The van der Waals surface area contributed by atoms with Crippen molar-refractivity contribution in [3.63, 3.8) is 0 Å². The van der Waals surface area contributed by atoms with Gasteiger partial charge < -0.3 is 10.6 Å². The van der Waals surface area contributed by atoms with Crippen molar-refractivity contribution < 1.29 is 8.78 Å². The van der Waals surface area contributed by atoms with Crippen LogP contribution in [-0.4, -0.2) is 7.05 Å². The number of para-hydroxylation sites is 2. The maximum absolute atomic E-state index is 13.5. The molecule has 0 heterocycles. The molecule has 0 aromatic heterocycles. The Labute approximate surface area is 105 Å². The van der Waals surface area contributed by atoms with Gasteiger partial charge in [-0.05, 0) is 30.3 Å². The highest BCUT2D eigenvalue weighted by atomic mass is 19.1. The van der Waals surface area contributed by atoms with E-state index in [1.54, 1.807) is 18.0 Å². The van der Waals surface area contributed by atoms with Gasteiger partial charge in [0.15, 0.2) is 0 Å². The monoisotopic (exact) mass is 248 g/mol. The van der Waals surface area contributed by atoms with Crippen molar-refractivity contribution in [2.24, 2.45) is 0 Å². The number of halogens is 2. The van der Waals surface area contributed by atoms with Gasteiger partial charge in [0, 0.05) is 19.2 Å². The Morgan fingerprint density at radius 2 is 1.83 bits per heavy atom. The van der Waals surface area contributed by atoms with E-state index in [1.165, 1.54) is 6.07 Å². The molecule has 0 aliphatic rings. The number of hydrogen-bond donors (Lipinski definition) is 1. The summed E-state index contributed by atoms with van der Waals surface area (Å²) in [7, 11) is 1.79. The minimum Gasteiger partial charge on any atom is -0.397 e. The first-order valence-electron chi connectivity index (χ1n) is 5.57. The number of benzene rings is 2. The van der Waals surface area contributed by atoms with Crippen molar-refractivity contribution in [3.05, 3.63) is 59.7 Å². The summed E-state index contributed by atoms with van der Waals surface area (Å²) in [6.45, 7) is 0.262. The average molecular weight is 248 g/mol. The number of nitrogen functional groups attached to an aromatic ring is 1. The van der Waals surface area contributed by atoms with Crippen LogP contribution in [-0.2, 0) is 6.54 Å². The van der Waals surface area contributed by atoms with Crippen LogP contribution in [0.3, 0.4) is 0 Å². The third-order valence-corrected chi connectivity index (χ3v) is 2.76. The summed E-state index contributed by atoms with van der Waals surface area (Å²) in [5, 5.41) is 0. The predicted octanol–water partition coefficient (Wildman–Crippen LogP) is 3.18. The molecular weight excluding hydrogens is 234 g/mol. The first-order valence-corrected chi connectivity index (χ1v) is 5.57. The molecule has 0 spiro atoms. The fourth-order valence-corrected chi connectivity index (χ4v) is 1.84. The zero-order valence-electron chi connectivity index (χ0n) is 10.0. The van der Waals surface area contributed by atoms with E-state index in [-0.39, 0.29) is 6.54 Å². The topological polar surface area (TPSA) is 29.3 Å². The second-order valence-corrected chi connectivity index (χ2v) is 4.15. The van der Waals surface area contributed by atoms with Crippen LogP contribution in [0.4, 0.5) is 20.2 Å². The predicted molar refractivity (Wildman–Crippen MR) is 69.3 cm³/mol. The molecule has 0 fully saturated rings. The highest BCUT2D eigenvalue weighted by molar-refractivity contribution is 5.66. The van der Waals surface area contributed by atoms with E-state index in [0.29, 0.717) is 11.3 Å². The smallest absolute Gasteiger partial charge is 0.128 e. The van der Waals surface area contributed by atoms with Gasteiger partial charge in [-0.25, -0.2) is 8.78 Å². The maximum atomic E-state index is 13.5. The zero-order valence-corrected chi connectivity index (χ0v) is 10.0. The SMILES string of the molecule is CN(Cc1cc(F)ccc1F)c1ccccc1N. The Hall–Kier alpha value is -2.10. The summed E-state index contributed by atoms with van der Waals surface area (Å²) in [4.78, 5) is 1.78. The van der Waals surface area contributed by atoms with Gasteiger partial charge in [-0.15, -0.1) is 0 Å². The number of anilines is 2. The lowest BCUT2D eigenvalue weighted by Gasteiger charge is -2.21. The molecule has 18 heavy (non-hydrogen) atoms. The Kier molecular flexibility index (Phi) is 3.46. The van der Waals surface area contributed by atoms with Gasteiger partial charge in [-0.3, -0.25) is 0 Å². The number of hydrogen-bond acceptors (Lipinski definition) is 2. The fourth-order valence-electron chi connectivity index (χ4n) is 1.84. The van der Waals surface area contributed by atoms with E-state index in [4.69, 9.17) is 5.73 Å². The lowest BCUT2D eigenvalue weighted by molar-refractivity contribution is 0.583. The summed E-state index contributed by atoms with van der Waals surface area (Å²) in [5.41, 5.74) is 7.54. The van der Waals surface area contributed by atoms with Crippen molar-refractivity contribution in [1.82, 2.24) is 0 Å². The average Bonchev–Trinajstić information content (AvgIpc) is 2.34. The normalized spacial score (nSPS) is 10.4. The minimum atomic E-state index is -0.444. The van der Waals surface area contributed by atoms with E-state index < -0.39 is 11.6 Å². The molecule has 2 rings (SSSR count). The van der Waals surface area contributed by atoms with Gasteiger partial charge in [-0.1, -0.05) is 12.1 Å². The number of rotatable bonds is 3. The lowest BCUT2D eigenvalue weighted by atomic mass is 10.1. The first-order chi connectivity index (χ1) is 8.58. The summed E-state index contributed by atoms with van der Waals surface area (Å²) >= 11 is 0. The molecule has 0 radical (unpaired) electrons. The van der Waals surface area contributed by atoms with E-state index >= 15 is 0 Å². The molecule has 2 aromatic rings. The quantitative estimate of drug-likeness (QED) is 0.845. The third kappa shape index (κ3) is 2.59. The second kappa shape index (κ2) is 5.04. The van der Waals surface area contributed by atoms with E-state index in [9.17, 15) is 8.78 Å². The van der Waals surface area contributed by atoms with Gasteiger partial charge in [0.05, 0.1) is 11.4 Å². The second-order valence-electron chi connectivity index (χ2n) is 4.15. The van der Waals surface area contributed by atoms with Crippen LogP contribution in [0.1, 0.15) is 5.56 Å². The standard InChI is InChI=1S/C14H14F2N2/c1-18(14-5-3-2-4-13(14)17)9-10-8-11(15)6-7-12(10)16/h2-8H,9,17H2,1H3. The van der Waals surface area contributed by atoms with Crippen molar-refractivity contribution in [2.45, 2.75) is 6.54 Å². The van der Waals surface area contributed by atoms with E-state index in [2.05, 4.69) is 0 Å². The molecule has 2 nitrogen and oxygen atoms in total. The molecule has 0 aliphatic carbocycles. The van der Waals surface area contributed by atoms with E-state index in [1.807, 2.05) is 18.2 Å². The maximum Gasteiger partial charge on any atom is 0.128 e. The third-order valence-electron chi connectivity index (χ3n) is 2.76. The van der Waals surface area contributed by atoms with Crippen LogP contribution in [0.5, 0.6) is 0 Å². The van der Waals surface area contributed by atoms with Gasteiger partial charge in [0.2, 0.25) is 0 Å². The Balaban J connectivity index is 2.24. The summed E-state index contributed by atoms with van der Waals surface area (Å²) in [6, 6.07) is 10.7. The minimum absolute atomic E-state index is 0.262. The fraction of sp³-hybridized carbons (Fsp3) is 0.143. The van der Waals surface area contributed by atoms with Crippen LogP contribution in [0.2, 0.25) is 0 Å².